The second kappa shape index (κ2) is 23.1. The highest BCUT2D eigenvalue weighted by Crippen LogP contribution is 2.66. The van der Waals surface area contributed by atoms with E-state index in [1.807, 2.05) is 20.8 Å². The van der Waals surface area contributed by atoms with Crippen molar-refractivity contribution in [2.75, 3.05) is 35.0 Å². The van der Waals surface area contributed by atoms with Crippen LogP contribution in [0.1, 0.15) is 119 Å². The van der Waals surface area contributed by atoms with Gasteiger partial charge in [-0.2, -0.15) is 0 Å². The lowest BCUT2D eigenvalue weighted by molar-refractivity contribution is -0.358. The summed E-state index contributed by atoms with van der Waals surface area (Å²) in [5, 5.41) is 40.8. The maximum atomic E-state index is 13.4. The maximum absolute atomic E-state index is 13.4. The van der Waals surface area contributed by atoms with Gasteiger partial charge in [0, 0.05) is 78.8 Å². The van der Waals surface area contributed by atoms with Crippen LogP contribution >= 0.6 is 0 Å². The number of aliphatic hydroxyl groups is 4. The molecule has 7 aliphatic heterocycles. The van der Waals surface area contributed by atoms with Gasteiger partial charge in [0.2, 0.25) is 0 Å². The largest absolute Gasteiger partial charge is 0.394 e. The summed E-state index contributed by atoms with van der Waals surface area (Å²) >= 11 is 0. The summed E-state index contributed by atoms with van der Waals surface area (Å²) in [6.45, 7) is 13.7. The van der Waals surface area contributed by atoms with Crippen molar-refractivity contribution in [2.24, 2.45) is 22.7 Å². The highest BCUT2D eigenvalue weighted by atomic mass is 16.8. The lowest BCUT2D eigenvalue weighted by Crippen LogP contribution is -2.62. The van der Waals surface area contributed by atoms with Crippen LogP contribution in [0, 0.1) is 22.7 Å². The number of rotatable bonds is 15. The number of aliphatic hydroxyl groups excluding tert-OH is 4. The molecule has 21 heteroatoms. The van der Waals surface area contributed by atoms with Gasteiger partial charge in [-0.05, 0) is 79.1 Å². The van der Waals surface area contributed by atoms with Gasteiger partial charge in [-0.3, -0.25) is 4.79 Å². The Morgan fingerprint density at radius 2 is 1.08 bits per heavy atom. The van der Waals surface area contributed by atoms with E-state index in [4.69, 9.17) is 75.8 Å². The minimum Gasteiger partial charge on any atom is -0.394 e. The van der Waals surface area contributed by atoms with Crippen LogP contribution in [-0.2, 0) is 80.6 Å². The van der Waals surface area contributed by atoms with E-state index in [9.17, 15) is 25.2 Å². The molecule has 7 saturated heterocycles. The third-order valence-electron chi connectivity index (χ3n) is 19.7. The molecule has 10 rings (SSSR count). The van der Waals surface area contributed by atoms with Crippen molar-refractivity contribution in [3.63, 3.8) is 0 Å². The Hall–Kier alpha value is -1.39. The van der Waals surface area contributed by atoms with E-state index < -0.39 is 135 Å². The zero-order chi connectivity index (χ0) is 54.2. The topological polar surface area (TPSA) is 246 Å². The normalized spacial score (nSPS) is 53.6. The van der Waals surface area contributed by atoms with E-state index in [0.29, 0.717) is 37.9 Å². The third-order valence-corrected chi connectivity index (χ3v) is 19.7. The molecule has 7 heterocycles. The Labute approximate surface area is 447 Å². The van der Waals surface area contributed by atoms with Gasteiger partial charge in [0.15, 0.2) is 37.2 Å². The quantitative estimate of drug-likeness (QED) is 0.172. The molecule has 76 heavy (non-hydrogen) atoms. The first-order valence-electron chi connectivity index (χ1n) is 28.2. The van der Waals surface area contributed by atoms with Crippen molar-refractivity contribution in [3.05, 3.63) is 11.6 Å². The van der Waals surface area contributed by atoms with E-state index in [1.165, 1.54) is 12.7 Å². The number of methoxy groups -OCH3 is 4. The molecule has 3 aliphatic carbocycles. The molecule has 2 bridgehead atoms. The van der Waals surface area contributed by atoms with Crippen LogP contribution < -0.4 is 0 Å². The Bertz CT molecular complexity index is 2010. The molecule has 2 saturated carbocycles. The molecule has 0 radical (unpaired) electrons. The van der Waals surface area contributed by atoms with Crippen molar-refractivity contribution < 1.29 is 101 Å². The van der Waals surface area contributed by atoms with Gasteiger partial charge in [-0.1, -0.05) is 18.6 Å². The smallest absolute Gasteiger partial charge is 0.187 e. The van der Waals surface area contributed by atoms with Crippen LogP contribution in [0.3, 0.4) is 0 Å². The summed E-state index contributed by atoms with van der Waals surface area (Å²) in [5.74, 6) is -0.00615. The fraction of sp³-hybridized carbons (Fsp3) is 0.945. The molecular weight excluding hydrogens is 997 g/mol. The lowest BCUT2D eigenvalue weighted by Gasteiger charge is -2.53. The Kier molecular flexibility index (Phi) is 17.6. The highest BCUT2D eigenvalue weighted by molar-refractivity contribution is 5.88. The summed E-state index contributed by atoms with van der Waals surface area (Å²) in [5.41, 5.74) is 0.775. The van der Waals surface area contributed by atoms with E-state index in [2.05, 4.69) is 26.8 Å². The fourth-order valence-corrected chi connectivity index (χ4v) is 15.3. The summed E-state index contributed by atoms with van der Waals surface area (Å²) in [7, 11) is 6.48. The average Bonchev–Trinajstić information content (AvgIpc) is 4.02. The van der Waals surface area contributed by atoms with Gasteiger partial charge in [0.1, 0.15) is 54.6 Å². The monoisotopic (exact) mass is 1080 g/mol. The van der Waals surface area contributed by atoms with Crippen molar-refractivity contribution in [3.8, 4) is 0 Å². The number of ketones is 1. The first-order chi connectivity index (χ1) is 36.3. The second-order valence-corrected chi connectivity index (χ2v) is 24.0. The van der Waals surface area contributed by atoms with Crippen LogP contribution in [-0.4, -0.2) is 214 Å². The van der Waals surface area contributed by atoms with Gasteiger partial charge in [0.25, 0.3) is 0 Å². The minimum absolute atomic E-state index is 0.0240. The Balaban J connectivity index is 0.696. The molecule has 434 valence electrons. The average molecular weight is 1090 g/mol. The summed E-state index contributed by atoms with van der Waals surface area (Å²) in [6, 6.07) is 0. The first-order valence-corrected chi connectivity index (χ1v) is 28.2. The van der Waals surface area contributed by atoms with Crippen LogP contribution in [0.25, 0.3) is 0 Å². The van der Waals surface area contributed by atoms with E-state index in [-0.39, 0.29) is 54.2 Å². The number of fused-ring (bicyclic) bond motifs is 5. The van der Waals surface area contributed by atoms with Crippen LogP contribution in [0.5, 0.6) is 0 Å². The number of carbonyl (C=O) groups is 1. The molecule has 21 nitrogen and oxygen atoms in total. The standard InChI is InChI=1S/C55H88O21/c1-25-32-12-13-39(57)54(32,7)40-23-38-53(6)16-15-31(18-30(53)14-17-55(38,75-25)76-40)69-41-19-33(61-8)48(26(2)65-41)71-42-20-34(62-9)49(27(3)66-42)72-43-21-35(63-10)50(28(4)67-43)73-44-22-36(64-11)51(29(5)68-44)74-52-47(60)46(59)45(58)37(24-56)70-52/h14,25-29,31-38,40-52,56,58-60H,12-13,15-24H2,1-11H3/t25-,26+,27+,28+,29+,31-,32-,33-,34-,35+,36-,37+,38+,40+,41-,42-,43-,44-,45+,46-,47+,48+,49+,50+,51+,52-,53-,54+,55-/m0/s1. The van der Waals surface area contributed by atoms with Gasteiger partial charge >= 0.3 is 0 Å². The van der Waals surface area contributed by atoms with Gasteiger partial charge in [-0.25, -0.2) is 0 Å². The molecule has 29 atom stereocenters. The number of ether oxygens (including phenoxy) is 16. The maximum Gasteiger partial charge on any atom is 0.187 e. The lowest BCUT2D eigenvalue weighted by atomic mass is 9.56. The molecule has 0 aromatic heterocycles. The van der Waals surface area contributed by atoms with Crippen molar-refractivity contribution in [1.29, 1.82) is 0 Å². The van der Waals surface area contributed by atoms with E-state index in [1.54, 1.807) is 28.3 Å². The van der Waals surface area contributed by atoms with E-state index in [0.717, 1.165) is 32.1 Å². The Morgan fingerprint density at radius 1 is 0.592 bits per heavy atom. The van der Waals surface area contributed by atoms with Crippen molar-refractivity contribution in [2.45, 2.75) is 272 Å². The summed E-state index contributed by atoms with van der Waals surface area (Å²) in [4.78, 5) is 13.4. The molecule has 0 aromatic carbocycles. The molecule has 0 amide bonds. The summed E-state index contributed by atoms with van der Waals surface area (Å²) in [6.07, 6.45) is -6.41. The zero-order valence-corrected chi connectivity index (χ0v) is 46.3. The molecule has 9 fully saturated rings. The van der Waals surface area contributed by atoms with Crippen molar-refractivity contribution >= 4 is 5.78 Å². The molecule has 1 spiro atoms. The van der Waals surface area contributed by atoms with Crippen LogP contribution in [0.4, 0.5) is 0 Å². The SMILES string of the molecule is CO[C@H]1C[C@H](O[C@H]2CC[C@@]3(C)C(=CC[C@@]45O[C@@H](C)[C@@H]6CCC(=O)[C@]6(C)[C@@H](C[C@@H]43)O5)C2)O[C@H](C)[C@H]1O[C@H]1C[C@H](OC)[C@H](O[C@H]2C[C@@H](OC)[C@H](O[C@H]3C[C@H](OC)[C@H](O[C@@H]4O[C@H](CO)[C@@H](O)[C@H](O)[C@H]4O)[C@@H](C)O3)[C@@H](C)O2)[C@@H](C)O1. The predicted molar refractivity (Wildman–Crippen MR) is 264 cm³/mol. The Morgan fingerprint density at radius 3 is 1.57 bits per heavy atom. The molecule has 10 aliphatic rings. The predicted octanol–water partition coefficient (Wildman–Crippen LogP) is 3.34. The van der Waals surface area contributed by atoms with Gasteiger partial charge in [-0.15, -0.1) is 0 Å². The molecule has 0 unspecified atom stereocenters. The van der Waals surface area contributed by atoms with Gasteiger partial charge in [0.05, 0.1) is 79.2 Å². The minimum atomic E-state index is -1.59. The molecule has 0 aromatic rings. The third kappa shape index (κ3) is 10.6. The van der Waals surface area contributed by atoms with Crippen molar-refractivity contribution in [1.82, 2.24) is 0 Å². The second-order valence-electron chi connectivity index (χ2n) is 24.0. The molecular formula is C55H88O21. The first kappa shape index (κ1) is 57.8. The number of Topliss-reactive ketones (excluding diaryl/α,β-unsaturated/α-hetero) is 1. The number of carbonyl (C=O) groups excluding carboxylic acids is 1. The number of hydrogen-bond acceptors (Lipinski definition) is 21. The van der Waals surface area contributed by atoms with Crippen LogP contribution in [0.2, 0.25) is 0 Å². The van der Waals surface area contributed by atoms with Crippen LogP contribution in [0.15, 0.2) is 11.6 Å². The molecule has 4 N–H and O–H groups in total. The number of hydrogen-bond donors (Lipinski definition) is 4. The zero-order valence-electron chi connectivity index (χ0n) is 46.3. The van der Waals surface area contributed by atoms with E-state index >= 15 is 0 Å². The highest BCUT2D eigenvalue weighted by Gasteiger charge is 2.69. The summed E-state index contributed by atoms with van der Waals surface area (Å²) < 4.78 is 102. The van der Waals surface area contributed by atoms with Gasteiger partial charge < -0.3 is 96.2 Å². The fourth-order valence-electron chi connectivity index (χ4n) is 15.3.